The highest BCUT2D eigenvalue weighted by Crippen LogP contribution is 2.33. The average Bonchev–Trinajstić information content (AvgIpc) is 3.27. The van der Waals surface area contributed by atoms with E-state index in [2.05, 4.69) is 25.5 Å². The molecule has 0 spiro atoms. The molecule has 10 heteroatoms. The van der Waals surface area contributed by atoms with Gasteiger partial charge in [0.2, 0.25) is 0 Å². The van der Waals surface area contributed by atoms with Gasteiger partial charge in [0.05, 0.1) is 11.3 Å². The van der Waals surface area contributed by atoms with E-state index >= 15 is 0 Å². The third-order valence-electron chi connectivity index (χ3n) is 5.49. The Bertz CT molecular complexity index is 1160. The Morgan fingerprint density at radius 1 is 1.06 bits per heavy atom. The van der Waals surface area contributed by atoms with Crippen LogP contribution in [0.1, 0.15) is 23.1 Å². The van der Waals surface area contributed by atoms with Crippen LogP contribution in [0.2, 0.25) is 0 Å². The Morgan fingerprint density at radius 3 is 2.78 bits per heavy atom. The lowest BCUT2D eigenvalue weighted by Gasteiger charge is -2.30. The van der Waals surface area contributed by atoms with Crippen LogP contribution in [0.3, 0.4) is 0 Å². The number of guanidine groups is 1. The fraction of sp³-hybridized carbons (Fsp3) is 0.318. The summed E-state index contributed by atoms with van der Waals surface area (Å²) in [4.78, 5) is 15.9. The molecule has 0 bridgehead atoms. The lowest BCUT2D eigenvalue weighted by atomic mass is 9.97. The van der Waals surface area contributed by atoms with Gasteiger partial charge in [0.25, 0.3) is 0 Å². The summed E-state index contributed by atoms with van der Waals surface area (Å²) >= 11 is 1.48. The minimum Gasteiger partial charge on any atom is -0.356 e. The Labute approximate surface area is 187 Å². The number of anilines is 2. The number of nitrogens with one attached hydrogen (secondary N) is 2. The van der Waals surface area contributed by atoms with E-state index in [-0.39, 0.29) is 0 Å². The van der Waals surface area contributed by atoms with Crippen molar-refractivity contribution in [1.29, 1.82) is 0 Å². The zero-order valence-electron chi connectivity index (χ0n) is 17.1. The van der Waals surface area contributed by atoms with Crippen molar-refractivity contribution in [3.63, 3.8) is 0 Å². The Morgan fingerprint density at radius 2 is 1.97 bits per heavy atom. The molecule has 1 aromatic carbocycles. The van der Waals surface area contributed by atoms with E-state index in [1.54, 1.807) is 6.07 Å². The van der Waals surface area contributed by atoms with Crippen LogP contribution in [-0.4, -0.2) is 35.6 Å². The van der Waals surface area contributed by atoms with Crippen LogP contribution in [0, 0.1) is 0 Å². The molecule has 2 N–H and O–H groups in total. The van der Waals surface area contributed by atoms with Gasteiger partial charge in [-0.1, -0.05) is 12.1 Å². The second-order valence-corrected chi connectivity index (χ2v) is 8.57. The minimum absolute atomic E-state index is 0.527. The van der Waals surface area contributed by atoms with E-state index in [1.807, 2.05) is 23.6 Å². The summed E-state index contributed by atoms with van der Waals surface area (Å²) in [5.41, 5.74) is 2.58. The van der Waals surface area contributed by atoms with E-state index in [0.717, 1.165) is 65.0 Å². The van der Waals surface area contributed by atoms with E-state index in [0.29, 0.717) is 19.5 Å². The summed E-state index contributed by atoms with van der Waals surface area (Å²) in [6.45, 7) is 2.83. The van der Waals surface area contributed by atoms with Crippen molar-refractivity contribution in [3.8, 4) is 11.4 Å². The van der Waals surface area contributed by atoms with E-state index < -0.39 is 11.7 Å². The topological polar surface area (TPSA) is 65.4 Å². The molecule has 166 valence electrons. The van der Waals surface area contributed by atoms with Crippen molar-refractivity contribution in [2.24, 2.45) is 4.99 Å². The number of hydrogen-bond acceptors (Lipinski definition) is 7. The maximum Gasteiger partial charge on any atom is 0.416 e. The molecule has 3 aromatic rings. The highest BCUT2D eigenvalue weighted by molar-refractivity contribution is 7.14. The first-order valence-electron chi connectivity index (χ1n) is 10.4. The molecule has 32 heavy (non-hydrogen) atoms. The number of aromatic nitrogens is 2. The number of aliphatic imine (C=N–C) groups is 1. The monoisotopic (exact) mass is 458 g/mol. The van der Waals surface area contributed by atoms with Gasteiger partial charge in [0.1, 0.15) is 11.5 Å². The normalized spacial score (nSPS) is 16.2. The van der Waals surface area contributed by atoms with Crippen molar-refractivity contribution in [2.75, 3.05) is 29.9 Å². The second-order valence-electron chi connectivity index (χ2n) is 7.71. The van der Waals surface area contributed by atoms with Crippen molar-refractivity contribution in [3.05, 3.63) is 58.5 Å². The van der Waals surface area contributed by atoms with Crippen LogP contribution in [0.4, 0.5) is 24.1 Å². The highest BCUT2D eigenvalue weighted by atomic mass is 32.1. The lowest BCUT2D eigenvalue weighted by Crippen LogP contribution is -2.35. The number of halogens is 3. The molecule has 0 radical (unpaired) electrons. The summed E-state index contributed by atoms with van der Waals surface area (Å²) in [7, 11) is 0. The predicted molar refractivity (Wildman–Crippen MR) is 120 cm³/mol. The molecule has 5 rings (SSSR count). The zero-order chi connectivity index (χ0) is 22.1. The third-order valence-corrected chi connectivity index (χ3v) is 6.25. The van der Waals surface area contributed by atoms with Gasteiger partial charge in [-0.2, -0.15) is 13.2 Å². The SMILES string of the molecule is FC(F)(F)c1ccc2c(c1)CCN(c1cccc(-c3csc(NC4=NCCCN4)n3)n1)C2. The van der Waals surface area contributed by atoms with Crippen LogP contribution in [0.5, 0.6) is 0 Å². The minimum atomic E-state index is -4.32. The van der Waals surface area contributed by atoms with Gasteiger partial charge in [-0.25, -0.2) is 9.97 Å². The molecule has 0 unspecified atom stereocenters. The lowest BCUT2D eigenvalue weighted by molar-refractivity contribution is -0.137. The number of pyridine rings is 1. The molecular weight excluding hydrogens is 437 g/mol. The first-order chi connectivity index (χ1) is 15.5. The van der Waals surface area contributed by atoms with Gasteiger partial charge < -0.3 is 15.5 Å². The van der Waals surface area contributed by atoms with E-state index in [1.165, 1.54) is 17.4 Å². The van der Waals surface area contributed by atoms with Crippen molar-refractivity contribution < 1.29 is 13.2 Å². The van der Waals surface area contributed by atoms with Crippen LogP contribution >= 0.6 is 11.3 Å². The molecule has 0 fully saturated rings. The number of fused-ring (bicyclic) bond motifs is 1. The summed E-state index contributed by atoms with van der Waals surface area (Å²) in [5.74, 6) is 1.52. The quantitative estimate of drug-likeness (QED) is 0.603. The molecule has 2 aliphatic heterocycles. The standard InChI is InChI=1S/C22H21F3N6S/c23-22(24,25)16-6-5-15-12-31(10-7-14(15)11-16)19-4-1-3-17(28-19)18-13-32-21(29-18)30-20-26-8-2-9-27-20/h1,3-6,11,13H,2,7-10,12H2,(H2,26,27,29,30). The largest absolute Gasteiger partial charge is 0.416 e. The molecular formula is C22H21F3N6S. The van der Waals surface area contributed by atoms with Gasteiger partial charge >= 0.3 is 6.18 Å². The summed E-state index contributed by atoms with van der Waals surface area (Å²) < 4.78 is 39.0. The predicted octanol–water partition coefficient (Wildman–Crippen LogP) is 4.55. The first kappa shape index (κ1) is 20.7. The number of hydrogen-bond donors (Lipinski definition) is 2. The van der Waals surface area contributed by atoms with Gasteiger partial charge in [-0.05, 0) is 48.2 Å². The summed E-state index contributed by atoms with van der Waals surface area (Å²) in [6, 6.07) is 9.76. The van der Waals surface area contributed by atoms with Crippen molar-refractivity contribution in [2.45, 2.75) is 25.6 Å². The molecule has 6 nitrogen and oxygen atoms in total. The molecule has 0 atom stereocenters. The van der Waals surface area contributed by atoms with Crippen molar-refractivity contribution in [1.82, 2.24) is 15.3 Å². The number of rotatable bonds is 3. The first-order valence-corrected chi connectivity index (χ1v) is 11.3. The third kappa shape index (κ3) is 4.40. The molecule has 0 saturated carbocycles. The van der Waals surface area contributed by atoms with Crippen LogP contribution < -0.4 is 15.5 Å². The highest BCUT2D eigenvalue weighted by Gasteiger charge is 2.31. The number of nitrogens with zero attached hydrogens (tertiary/aromatic N) is 4. The van der Waals surface area contributed by atoms with Crippen LogP contribution in [0.15, 0.2) is 46.8 Å². The molecule has 0 amide bonds. The molecule has 0 saturated heterocycles. The van der Waals surface area contributed by atoms with E-state index in [4.69, 9.17) is 4.98 Å². The van der Waals surface area contributed by atoms with Gasteiger partial charge in [-0.3, -0.25) is 4.99 Å². The Hall–Kier alpha value is -3.14. The number of benzene rings is 1. The molecule has 2 aromatic heterocycles. The number of alkyl halides is 3. The average molecular weight is 459 g/mol. The molecule has 2 aliphatic rings. The zero-order valence-corrected chi connectivity index (χ0v) is 17.9. The second kappa shape index (κ2) is 8.42. The Balaban J connectivity index is 1.32. The molecule has 4 heterocycles. The van der Waals surface area contributed by atoms with Crippen LogP contribution in [-0.2, 0) is 19.1 Å². The van der Waals surface area contributed by atoms with Gasteiger partial charge in [-0.15, -0.1) is 11.3 Å². The van der Waals surface area contributed by atoms with E-state index in [9.17, 15) is 13.2 Å². The molecule has 0 aliphatic carbocycles. The van der Waals surface area contributed by atoms with Gasteiger partial charge in [0, 0.05) is 31.6 Å². The summed E-state index contributed by atoms with van der Waals surface area (Å²) in [5, 5.41) is 9.10. The Kier molecular flexibility index (Phi) is 5.46. The smallest absolute Gasteiger partial charge is 0.356 e. The number of thiazole rings is 1. The summed E-state index contributed by atoms with van der Waals surface area (Å²) in [6.07, 6.45) is -2.75. The fourth-order valence-electron chi connectivity index (χ4n) is 3.83. The van der Waals surface area contributed by atoms with Gasteiger partial charge in [0.15, 0.2) is 11.1 Å². The van der Waals surface area contributed by atoms with Crippen LogP contribution in [0.25, 0.3) is 11.4 Å². The fourth-order valence-corrected chi connectivity index (χ4v) is 4.54. The van der Waals surface area contributed by atoms with Crippen molar-refractivity contribution >= 4 is 28.2 Å². The maximum absolute atomic E-state index is 13.0. The maximum atomic E-state index is 13.0.